The lowest BCUT2D eigenvalue weighted by Crippen LogP contribution is -2.25. The van der Waals surface area contributed by atoms with Crippen molar-refractivity contribution >= 4 is 17.5 Å². The maximum Gasteiger partial charge on any atom is 0.310 e. The van der Waals surface area contributed by atoms with Gasteiger partial charge in [0.25, 0.3) is 5.69 Å². The van der Waals surface area contributed by atoms with E-state index in [0.29, 0.717) is 25.3 Å². The van der Waals surface area contributed by atoms with Gasteiger partial charge in [-0.2, -0.15) is 0 Å². The minimum absolute atomic E-state index is 0.0232. The summed E-state index contributed by atoms with van der Waals surface area (Å²) < 4.78 is 4.72. The molecular weight excluding hydrogens is 250 g/mol. The summed E-state index contributed by atoms with van der Waals surface area (Å²) in [5, 5.41) is 10.7. The molecule has 0 N–H and O–H groups in total. The zero-order valence-corrected chi connectivity index (χ0v) is 10.8. The van der Waals surface area contributed by atoms with Crippen LogP contribution >= 0.6 is 0 Å². The number of carbonyl (C=O) groups is 1. The van der Waals surface area contributed by atoms with Crippen LogP contribution in [0, 0.1) is 23.0 Å². The van der Waals surface area contributed by atoms with Crippen molar-refractivity contribution in [3.8, 4) is 0 Å². The summed E-state index contributed by atoms with van der Waals surface area (Å²) in [6.45, 7) is 3.02. The number of carbonyl (C=O) groups excluding carboxylic acids is 1. The largest absolute Gasteiger partial charge is 0.469 e. The molecule has 0 aromatic carbocycles. The van der Waals surface area contributed by atoms with Gasteiger partial charge in [-0.3, -0.25) is 14.9 Å². The Labute approximate surface area is 110 Å². The number of rotatable bonds is 3. The van der Waals surface area contributed by atoms with E-state index in [0.717, 1.165) is 5.56 Å². The highest BCUT2D eigenvalue weighted by atomic mass is 16.6. The van der Waals surface area contributed by atoms with E-state index in [1.54, 1.807) is 6.92 Å². The number of esters is 1. The molecule has 1 fully saturated rings. The van der Waals surface area contributed by atoms with E-state index in [9.17, 15) is 14.9 Å². The van der Waals surface area contributed by atoms with Crippen molar-refractivity contribution in [2.75, 3.05) is 25.1 Å². The molecular formula is C12H15N3O4. The highest BCUT2D eigenvalue weighted by Gasteiger charge is 2.30. The van der Waals surface area contributed by atoms with E-state index in [1.165, 1.54) is 19.4 Å². The van der Waals surface area contributed by atoms with Gasteiger partial charge in [0, 0.05) is 19.2 Å². The number of methoxy groups -OCH3 is 1. The van der Waals surface area contributed by atoms with E-state index in [-0.39, 0.29) is 17.6 Å². The molecule has 0 bridgehead atoms. The number of aryl methyl sites for hydroxylation is 1. The van der Waals surface area contributed by atoms with Crippen LogP contribution in [0.1, 0.15) is 12.0 Å². The lowest BCUT2D eigenvalue weighted by atomic mass is 10.1. The first-order valence-corrected chi connectivity index (χ1v) is 5.96. The minimum atomic E-state index is -0.467. The molecule has 1 saturated heterocycles. The maximum absolute atomic E-state index is 11.5. The third-order valence-electron chi connectivity index (χ3n) is 3.27. The average molecular weight is 265 g/mol. The van der Waals surface area contributed by atoms with Gasteiger partial charge >= 0.3 is 5.97 Å². The molecule has 0 aliphatic carbocycles. The quantitative estimate of drug-likeness (QED) is 0.465. The molecule has 1 aromatic heterocycles. The molecule has 0 saturated carbocycles. The van der Waals surface area contributed by atoms with E-state index < -0.39 is 4.92 Å². The number of anilines is 1. The van der Waals surface area contributed by atoms with Crippen molar-refractivity contribution in [1.29, 1.82) is 0 Å². The highest BCUT2D eigenvalue weighted by Crippen LogP contribution is 2.27. The molecule has 0 spiro atoms. The zero-order valence-electron chi connectivity index (χ0n) is 10.8. The Morgan fingerprint density at radius 2 is 2.37 bits per heavy atom. The monoisotopic (exact) mass is 265 g/mol. The van der Waals surface area contributed by atoms with Gasteiger partial charge in [-0.1, -0.05) is 0 Å². The molecule has 1 atom stereocenters. The van der Waals surface area contributed by atoms with Crippen molar-refractivity contribution < 1.29 is 14.5 Å². The van der Waals surface area contributed by atoms with Crippen LogP contribution in [-0.2, 0) is 9.53 Å². The SMILES string of the molecule is COC(=O)C1CCN(c2ncc([N+](=O)[O-])cc2C)C1. The van der Waals surface area contributed by atoms with Crippen molar-refractivity contribution in [3.63, 3.8) is 0 Å². The van der Waals surface area contributed by atoms with Gasteiger partial charge in [0.05, 0.1) is 18.0 Å². The van der Waals surface area contributed by atoms with Gasteiger partial charge in [0.1, 0.15) is 12.0 Å². The van der Waals surface area contributed by atoms with Crippen molar-refractivity contribution in [2.45, 2.75) is 13.3 Å². The van der Waals surface area contributed by atoms with Crippen LogP contribution in [0.15, 0.2) is 12.3 Å². The minimum Gasteiger partial charge on any atom is -0.469 e. The summed E-state index contributed by atoms with van der Waals surface area (Å²) in [4.78, 5) is 27.7. The van der Waals surface area contributed by atoms with Gasteiger partial charge in [0.15, 0.2) is 0 Å². The Balaban J connectivity index is 2.16. The van der Waals surface area contributed by atoms with Crippen LogP contribution in [-0.4, -0.2) is 36.1 Å². The number of aromatic nitrogens is 1. The van der Waals surface area contributed by atoms with Crippen molar-refractivity contribution in [1.82, 2.24) is 4.98 Å². The van der Waals surface area contributed by atoms with E-state index >= 15 is 0 Å². The molecule has 1 unspecified atom stereocenters. The van der Waals surface area contributed by atoms with E-state index in [4.69, 9.17) is 4.74 Å². The van der Waals surface area contributed by atoms with Crippen LogP contribution in [0.25, 0.3) is 0 Å². The standard InChI is InChI=1S/C12H15N3O4/c1-8-5-10(15(17)18)6-13-11(8)14-4-3-9(7-14)12(16)19-2/h5-6,9H,3-4,7H2,1-2H3. The fourth-order valence-corrected chi connectivity index (χ4v) is 2.30. The molecule has 0 amide bonds. The lowest BCUT2D eigenvalue weighted by Gasteiger charge is -2.18. The number of hydrogen-bond acceptors (Lipinski definition) is 6. The average Bonchev–Trinajstić information content (AvgIpc) is 2.87. The topological polar surface area (TPSA) is 85.6 Å². The summed E-state index contributed by atoms with van der Waals surface area (Å²) >= 11 is 0. The summed E-state index contributed by atoms with van der Waals surface area (Å²) in [6, 6.07) is 1.49. The second kappa shape index (κ2) is 5.21. The summed E-state index contributed by atoms with van der Waals surface area (Å²) in [5.41, 5.74) is 0.713. The van der Waals surface area contributed by atoms with E-state index in [1.807, 2.05) is 4.90 Å². The first-order chi connectivity index (χ1) is 9.02. The van der Waals surface area contributed by atoms with Crippen molar-refractivity contribution in [3.05, 3.63) is 27.9 Å². The Bertz CT molecular complexity index is 518. The Kier molecular flexibility index (Phi) is 3.64. The Morgan fingerprint density at radius 1 is 1.63 bits per heavy atom. The smallest absolute Gasteiger partial charge is 0.310 e. The van der Waals surface area contributed by atoms with Crippen molar-refractivity contribution in [2.24, 2.45) is 5.92 Å². The predicted molar refractivity (Wildman–Crippen MR) is 68.0 cm³/mol. The van der Waals surface area contributed by atoms with Crippen LogP contribution in [0.2, 0.25) is 0 Å². The molecule has 1 aliphatic heterocycles. The van der Waals surface area contributed by atoms with Crippen LogP contribution in [0.4, 0.5) is 11.5 Å². The number of pyridine rings is 1. The van der Waals surface area contributed by atoms with Gasteiger partial charge in [0.2, 0.25) is 0 Å². The molecule has 7 nitrogen and oxygen atoms in total. The normalized spacial score (nSPS) is 18.4. The molecule has 0 radical (unpaired) electrons. The predicted octanol–water partition coefficient (Wildman–Crippen LogP) is 1.30. The molecule has 1 aromatic rings. The first kappa shape index (κ1) is 13.3. The summed E-state index contributed by atoms with van der Waals surface area (Å²) in [6.07, 6.45) is 1.96. The Hall–Kier alpha value is -2.18. The number of hydrogen-bond donors (Lipinski definition) is 0. The van der Waals surface area contributed by atoms with Gasteiger partial charge in [-0.25, -0.2) is 4.98 Å². The molecule has 7 heteroatoms. The summed E-state index contributed by atoms with van der Waals surface area (Å²) in [7, 11) is 1.38. The molecule has 2 rings (SSSR count). The zero-order chi connectivity index (χ0) is 14.0. The van der Waals surface area contributed by atoms with Gasteiger partial charge in [-0.15, -0.1) is 0 Å². The fraction of sp³-hybridized carbons (Fsp3) is 0.500. The Morgan fingerprint density at radius 3 is 2.95 bits per heavy atom. The second-order valence-corrected chi connectivity index (χ2v) is 4.55. The van der Waals surface area contributed by atoms with Crippen LogP contribution in [0.5, 0.6) is 0 Å². The first-order valence-electron chi connectivity index (χ1n) is 5.96. The van der Waals surface area contributed by atoms with Gasteiger partial charge in [-0.05, 0) is 18.9 Å². The molecule has 19 heavy (non-hydrogen) atoms. The number of nitro groups is 1. The van der Waals surface area contributed by atoms with Crippen LogP contribution in [0.3, 0.4) is 0 Å². The van der Waals surface area contributed by atoms with E-state index in [2.05, 4.69) is 4.98 Å². The number of ether oxygens (including phenoxy) is 1. The molecule has 102 valence electrons. The fourth-order valence-electron chi connectivity index (χ4n) is 2.30. The highest BCUT2D eigenvalue weighted by molar-refractivity contribution is 5.74. The second-order valence-electron chi connectivity index (χ2n) is 4.55. The third kappa shape index (κ3) is 2.64. The summed E-state index contributed by atoms with van der Waals surface area (Å²) in [5.74, 6) is 0.320. The lowest BCUT2D eigenvalue weighted by molar-refractivity contribution is -0.385. The van der Waals surface area contributed by atoms with Crippen LogP contribution < -0.4 is 4.90 Å². The van der Waals surface area contributed by atoms with Gasteiger partial charge < -0.3 is 9.64 Å². The third-order valence-corrected chi connectivity index (χ3v) is 3.27. The molecule has 2 heterocycles. The number of nitrogens with zero attached hydrogens (tertiary/aromatic N) is 3. The maximum atomic E-state index is 11.5. The molecule has 1 aliphatic rings.